The molecule has 88 valence electrons. The molecule has 1 heterocycles. The lowest BCUT2D eigenvalue weighted by Crippen LogP contribution is -3.10. The summed E-state index contributed by atoms with van der Waals surface area (Å²) in [5, 5.41) is 0. The zero-order chi connectivity index (χ0) is 11.3. The third-order valence-electron chi connectivity index (χ3n) is 3.31. The van der Waals surface area contributed by atoms with Crippen molar-refractivity contribution in [2.24, 2.45) is 0 Å². The van der Waals surface area contributed by atoms with Crippen molar-refractivity contribution >= 4 is 18.6 Å². The van der Waals surface area contributed by atoms with E-state index in [2.05, 4.69) is 26.6 Å². The van der Waals surface area contributed by atoms with Gasteiger partial charge in [-0.15, -0.1) is 0 Å². The van der Waals surface area contributed by atoms with Crippen molar-refractivity contribution in [2.45, 2.75) is 38.2 Å². The number of quaternary nitrogens is 1. The predicted octanol–water partition coefficient (Wildman–Crippen LogP) is 0.307. The molecule has 1 N–H and O–H groups in total. The molecular weight excluding hydrogens is 210 g/mol. The van der Waals surface area contributed by atoms with Crippen LogP contribution in [0.25, 0.3) is 0 Å². The summed E-state index contributed by atoms with van der Waals surface area (Å²) in [7, 11) is 2.19. The molecule has 15 heavy (non-hydrogen) atoms. The first-order valence-corrected chi connectivity index (χ1v) is 6.39. The third-order valence-corrected chi connectivity index (χ3v) is 3.53. The Labute approximate surface area is 97.6 Å². The smallest absolute Gasteiger partial charge is 0.307 e. The first-order chi connectivity index (χ1) is 7.12. The van der Waals surface area contributed by atoms with Crippen molar-refractivity contribution in [3.05, 3.63) is 0 Å². The predicted molar refractivity (Wildman–Crippen MR) is 63.4 cm³/mol. The van der Waals surface area contributed by atoms with Crippen LogP contribution in [-0.2, 0) is 9.53 Å². The molecule has 0 bridgehead atoms. The summed E-state index contributed by atoms with van der Waals surface area (Å²) in [5.41, 5.74) is -0.181. The van der Waals surface area contributed by atoms with E-state index in [9.17, 15) is 4.79 Å². The summed E-state index contributed by atoms with van der Waals surface area (Å²) >= 11 is 4.04. The zero-order valence-corrected chi connectivity index (χ0v) is 10.6. The minimum atomic E-state index is -0.181. The second-order valence-electron chi connectivity index (χ2n) is 4.44. The van der Waals surface area contributed by atoms with Crippen LogP contribution in [0, 0.1) is 0 Å². The molecule has 0 aromatic carbocycles. The molecule has 1 fully saturated rings. The van der Waals surface area contributed by atoms with E-state index in [1.807, 2.05) is 0 Å². The van der Waals surface area contributed by atoms with Crippen LogP contribution >= 0.6 is 12.6 Å². The molecule has 0 amide bonds. The van der Waals surface area contributed by atoms with Crippen LogP contribution in [0.4, 0.5) is 0 Å². The number of esters is 1. The summed E-state index contributed by atoms with van der Waals surface area (Å²) < 4.78 is 5.62. The summed E-state index contributed by atoms with van der Waals surface area (Å²) in [6.45, 7) is 4.30. The number of piperidine rings is 1. The van der Waals surface area contributed by atoms with Gasteiger partial charge in [0.1, 0.15) is 5.60 Å². The average molecular weight is 232 g/mol. The van der Waals surface area contributed by atoms with E-state index in [1.54, 1.807) is 0 Å². The Kier molecular flexibility index (Phi) is 4.93. The van der Waals surface area contributed by atoms with Crippen LogP contribution < -0.4 is 4.90 Å². The van der Waals surface area contributed by atoms with E-state index in [-0.39, 0.29) is 11.6 Å². The quantitative estimate of drug-likeness (QED) is 0.540. The fourth-order valence-electron chi connectivity index (χ4n) is 2.04. The molecule has 0 unspecified atom stereocenters. The van der Waals surface area contributed by atoms with Gasteiger partial charge >= 0.3 is 5.97 Å². The minimum Gasteiger partial charge on any atom is -0.459 e. The minimum absolute atomic E-state index is 0.0913. The van der Waals surface area contributed by atoms with Crippen LogP contribution in [0.15, 0.2) is 0 Å². The van der Waals surface area contributed by atoms with Crippen LogP contribution in [-0.4, -0.2) is 37.5 Å². The Balaban J connectivity index is 2.49. The lowest BCUT2D eigenvalue weighted by atomic mass is 9.89. The Morgan fingerprint density at radius 3 is 2.53 bits per heavy atom. The summed E-state index contributed by atoms with van der Waals surface area (Å²) in [6, 6.07) is 0. The Morgan fingerprint density at radius 2 is 2.07 bits per heavy atom. The van der Waals surface area contributed by atoms with Crippen LogP contribution in [0.2, 0.25) is 0 Å². The maximum Gasteiger partial charge on any atom is 0.307 e. The number of hydrogen-bond acceptors (Lipinski definition) is 3. The lowest BCUT2D eigenvalue weighted by molar-refractivity contribution is -0.887. The second kappa shape index (κ2) is 5.75. The Bertz CT molecular complexity index is 213. The van der Waals surface area contributed by atoms with Crippen LogP contribution in [0.5, 0.6) is 0 Å². The highest BCUT2D eigenvalue weighted by molar-refractivity contribution is 7.80. The summed E-state index contributed by atoms with van der Waals surface area (Å²) in [4.78, 5) is 13.0. The van der Waals surface area contributed by atoms with Gasteiger partial charge in [0.25, 0.3) is 0 Å². The average Bonchev–Trinajstić information content (AvgIpc) is 2.22. The number of hydrogen-bond donors (Lipinski definition) is 2. The standard InChI is InChI=1S/C11H21NO2S/c1-3-11(14-10(13)4-9-15)5-7-12(2)8-6-11/h15H,3-9H2,1-2H3/p+1. The highest BCUT2D eigenvalue weighted by Gasteiger charge is 2.37. The molecular formula is C11H22NO2S+. The molecule has 0 aromatic rings. The first kappa shape index (κ1) is 12.8. The van der Waals surface area contributed by atoms with Gasteiger partial charge < -0.3 is 9.64 Å². The molecule has 0 saturated carbocycles. The van der Waals surface area contributed by atoms with Gasteiger partial charge in [0, 0.05) is 18.6 Å². The van der Waals surface area contributed by atoms with Gasteiger partial charge in [-0.25, -0.2) is 0 Å². The van der Waals surface area contributed by atoms with Gasteiger partial charge in [-0.3, -0.25) is 4.79 Å². The number of nitrogens with one attached hydrogen (secondary N) is 1. The van der Waals surface area contributed by atoms with Gasteiger partial charge in [-0.2, -0.15) is 12.6 Å². The van der Waals surface area contributed by atoms with Gasteiger partial charge in [-0.05, 0) is 6.42 Å². The zero-order valence-electron chi connectivity index (χ0n) is 9.71. The van der Waals surface area contributed by atoms with Gasteiger partial charge in [0.15, 0.2) is 0 Å². The number of rotatable bonds is 4. The molecule has 0 aliphatic carbocycles. The van der Waals surface area contributed by atoms with E-state index in [1.165, 1.54) is 4.90 Å². The van der Waals surface area contributed by atoms with Crippen molar-refractivity contribution < 1.29 is 14.4 Å². The fourth-order valence-corrected chi connectivity index (χ4v) is 2.23. The number of likely N-dealkylation sites (tertiary alicyclic amines) is 1. The lowest BCUT2D eigenvalue weighted by Gasteiger charge is -2.37. The number of ether oxygens (including phenoxy) is 1. The number of carbonyl (C=O) groups is 1. The molecule has 1 aliphatic rings. The third kappa shape index (κ3) is 3.68. The van der Waals surface area contributed by atoms with Crippen molar-refractivity contribution in [1.82, 2.24) is 0 Å². The SMILES string of the molecule is CCC1(OC(=O)CCS)CC[NH+](C)CC1. The Morgan fingerprint density at radius 1 is 1.47 bits per heavy atom. The van der Waals surface area contributed by atoms with Crippen molar-refractivity contribution in [2.75, 3.05) is 25.9 Å². The molecule has 0 aromatic heterocycles. The normalized spacial score (nSPS) is 31.3. The van der Waals surface area contributed by atoms with Crippen LogP contribution in [0.3, 0.4) is 0 Å². The molecule has 4 heteroatoms. The largest absolute Gasteiger partial charge is 0.459 e. The first-order valence-electron chi connectivity index (χ1n) is 5.76. The molecule has 0 atom stereocenters. The summed E-state index contributed by atoms with van der Waals surface area (Å²) in [5.74, 6) is 0.482. The van der Waals surface area contributed by atoms with E-state index in [0.717, 1.165) is 32.4 Å². The molecule has 0 spiro atoms. The maximum atomic E-state index is 11.5. The maximum absolute atomic E-state index is 11.5. The van der Waals surface area contributed by atoms with Crippen molar-refractivity contribution in [3.8, 4) is 0 Å². The molecule has 1 saturated heterocycles. The monoisotopic (exact) mass is 232 g/mol. The van der Waals surface area contributed by atoms with E-state index < -0.39 is 0 Å². The number of thiol groups is 1. The van der Waals surface area contributed by atoms with Gasteiger partial charge in [0.05, 0.1) is 26.6 Å². The number of carbonyl (C=O) groups excluding carboxylic acids is 1. The van der Waals surface area contributed by atoms with Gasteiger partial charge in [0.2, 0.25) is 0 Å². The van der Waals surface area contributed by atoms with Crippen molar-refractivity contribution in [1.29, 1.82) is 0 Å². The molecule has 3 nitrogen and oxygen atoms in total. The molecule has 1 aliphatic heterocycles. The fraction of sp³-hybridized carbons (Fsp3) is 0.909. The van der Waals surface area contributed by atoms with Crippen LogP contribution in [0.1, 0.15) is 32.6 Å². The second-order valence-corrected chi connectivity index (χ2v) is 4.89. The van der Waals surface area contributed by atoms with Gasteiger partial charge in [-0.1, -0.05) is 6.92 Å². The highest BCUT2D eigenvalue weighted by Crippen LogP contribution is 2.26. The van der Waals surface area contributed by atoms with E-state index >= 15 is 0 Å². The highest BCUT2D eigenvalue weighted by atomic mass is 32.1. The Hall–Kier alpha value is -0.220. The topological polar surface area (TPSA) is 30.7 Å². The molecule has 1 rings (SSSR count). The molecule has 0 radical (unpaired) electrons. The summed E-state index contributed by atoms with van der Waals surface area (Å²) in [6.07, 6.45) is 3.34. The van der Waals surface area contributed by atoms with E-state index in [4.69, 9.17) is 4.74 Å². The van der Waals surface area contributed by atoms with E-state index in [0.29, 0.717) is 12.2 Å². The van der Waals surface area contributed by atoms with Crippen molar-refractivity contribution in [3.63, 3.8) is 0 Å².